The number of hydrogen-bond acceptors (Lipinski definition) is 4. The third-order valence-corrected chi connectivity index (χ3v) is 2.22. The maximum atomic E-state index is 8.64. The van der Waals surface area contributed by atoms with Gasteiger partial charge in [-0.2, -0.15) is 5.26 Å². The Balaban J connectivity index is 2.24. The van der Waals surface area contributed by atoms with Crippen molar-refractivity contribution in [2.75, 3.05) is 11.9 Å². The van der Waals surface area contributed by atoms with Crippen molar-refractivity contribution in [2.45, 2.75) is 18.9 Å². The molecular weight excluding hydrogens is 164 g/mol. The van der Waals surface area contributed by atoms with Crippen molar-refractivity contribution in [3.8, 4) is 6.07 Å². The zero-order valence-electron chi connectivity index (χ0n) is 7.44. The van der Waals surface area contributed by atoms with Gasteiger partial charge in [0.1, 0.15) is 23.9 Å². The van der Waals surface area contributed by atoms with E-state index in [1.54, 1.807) is 6.07 Å². The van der Waals surface area contributed by atoms with Crippen LogP contribution >= 0.6 is 0 Å². The summed E-state index contributed by atoms with van der Waals surface area (Å²) in [5.41, 5.74) is 0.428. The van der Waals surface area contributed by atoms with E-state index in [-0.39, 0.29) is 0 Å². The minimum absolute atomic E-state index is 0.428. The van der Waals surface area contributed by atoms with Crippen molar-refractivity contribution in [1.82, 2.24) is 9.97 Å². The SMILES string of the molecule is CN(c1cc(C#N)ncn1)C1CC1. The first-order valence-electron chi connectivity index (χ1n) is 4.26. The Labute approximate surface area is 76.8 Å². The minimum atomic E-state index is 0.428. The normalized spacial score (nSPS) is 15.1. The molecule has 1 fully saturated rings. The standard InChI is InChI=1S/C9H10N4/c1-13(8-2-3-8)9-4-7(5-10)11-6-12-9/h4,6,8H,2-3H2,1H3. The van der Waals surface area contributed by atoms with Gasteiger partial charge in [0.25, 0.3) is 0 Å². The molecule has 0 aliphatic heterocycles. The molecule has 0 amide bonds. The Hall–Kier alpha value is -1.63. The molecule has 0 atom stereocenters. The van der Waals surface area contributed by atoms with E-state index in [9.17, 15) is 0 Å². The zero-order valence-corrected chi connectivity index (χ0v) is 7.44. The molecule has 1 aliphatic rings. The highest BCUT2D eigenvalue weighted by molar-refractivity contribution is 5.43. The number of aromatic nitrogens is 2. The third kappa shape index (κ3) is 1.59. The predicted octanol–water partition coefficient (Wildman–Crippen LogP) is 0.947. The molecule has 1 saturated carbocycles. The molecule has 0 bridgehead atoms. The largest absolute Gasteiger partial charge is 0.357 e. The number of hydrogen-bond donors (Lipinski definition) is 0. The number of rotatable bonds is 2. The summed E-state index contributed by atoms with van der Waals surface area (Å²) in [6, 6.07) is 4.34. The van der Waals surface area contributed by atoms with Crippen LogP contribution in [0.5, 0.6) is 0 Å². The molecule has 0 spiro atoms. The van der Waals surface area contributed by atoms with Crippen molar-refractivity contribution in [1.29, 1.82) is 5.26 Å². The summed E-state index contributed by atoms with van der Waals surface area (Å²) >= 11 is 0. The number of nitrogens with zero attached hydrogens (tertiary/aromatic N) is 4. The molecule has 1 aromatic rings. The molecule has 4 nitrogen and oxygen atoms in total. The van der Waals surface area contributed by atoms with Crippen molar-refractivity contribution in [3.05, 3.63) is 18.1 Å². The molecular formula is C9H10N4. The van der Waals surface area contributed by atoms with Gasteiger partial charge in [0.05, 0.1) is 0 Å². The lowest BCUT2D eigenvalue weighted by atomic mass is 10.4. The molecule has 2 rings (SSSR count). The molecule has 0 aromatic carbocycles. The van der Waals surface area contributed by atoms with E-state index in [2.05, 4.69) is 14.9 Å². The number of nitriles is 1. The molecule has 1 aliphatic carbocycles. The average Bonchev–Trinajstić information content (AvgIpc) is 3.00. The van der Waals surface area contributed by atoms with E-state index in [0.29, 0.717) is 11.7 Å². The van der Waals surface area contributed by atoms with Crippen LogP contribution in [0, 0.1) is 11.3 Å². The van der Waals surface area contributed by atoms with Crippen molar-refractivity contribution in [3.63, 3.8) is 0 Å². The van der Waals surface area contributed by atoms with E-state index in [4.69, 9.17) is 5.26 Å². The van der Waals surface area contributed by atoms with Crippen LogP contribution in [0.3, 0.4) is 0 Å². The van der Waals surface area contributed by atoms with Crippen molar-refractivity contribution < 1.29 is 0 Å². The van der Waals surface area contributed by atoms with Crippen molar-refractivity contribution >= 4 is 5.82 Å². The molecule has 0 N–H and O–H groups in total. The predicted molar refractivity (Wildman–Crippen MR) is 48.2 cm³/mol. The molecule has 1 heterocycles. The van der Waals surface area contributed by atoms with Gasteiger partial charge in [-0.15, -0.1) is 0 Å². The minimum Gasteiger partial charge on any atom is -0.357 e. The summed E-state index contributed by atoms with van der Waals surface area (Å²) in [4.78, 5) is 10.0. The van der Waals surface area contributed by atoms with Crippen LogP contribution in [0.1, 0.15) is 18.5 Å². The van der Waals surface area contributed by atoms with Crippen LogP contribution in [-0.2, 0) is 0 Å². The lowest BCUT2D eigenvalue weighted by Gasteiger charge is -2.16. The van der Waals surface area contributed by atoms with Crippen LogP contribution in [0.15, 0.2) is 12.4 Å². The second-order valence-corrected chi connectivity index (χ2v) is 3.22. The van der Waals surface area contributed by atoms with Gasteiger partial charge in [-0.05, 0) is 12.8 Å². The fourth-order valence-electron chi connectivity index (χ4n) is 1.25. The second-order valence-electron chi connectivity index (χ2n) is 3.22. The molecule has 4 heteroatoms. The second kappa shape index (κ2) is 3.02. The lowest BCUT2D eigenvalue weighted by molar-refractivity contribution is 0.883. The highest BCUT2D eigenvalue weighted by Crippen LogP contribution is 2.28. The van der Waals surface area contributed by atoms with Gasteiger partial charge in [-0.25, -0.2) is 9.97 Å². The lowest BCUT2D eigenvalue weighted by Crippen LogP contribution is -2.20. The monoisotopic (exact) mass is 174 g/mol. The third-order valence-electron chi connectivity index (χ3n) is 2.22. The summed E-state index contributed by atoms with van der Waals surface area (Å²) in [7, 11) is 2.00. The van der Waals surface area contributed by atoms with Crippen LogP contribution in [0.4, 0.5) is 5.82 Å². The molecule has 66 valence electrons. The quantitative estimate of drug-likeness (QED) is 0.669. The molecule has 0 saturated heterocycles. The first kappa shape index (κ1) is 7.99. The van der Waals surface area contributed by atoms with Gasteiger partial charge in [0.2, 0.25) is 0 Å². The fraction of sp³-hybridized carbons (Fsp3) is 0.444. The van der Waals surface area contributed by atoms with Gasteiger partial charge in [-0.1, -0.05) is 0 Å². The van der Waals surface area contributed by atoms with Crippen LogP contribution < -0.4 is 4.90 Å². The Bertz CT molecular complexity index is 351. The smallest absolute Gasteiger partial charge is 0.145 e. The van der Waals surface area contributed by atoms with E-state index in [1.807, 2.05) is 13.1 Å². The van der Waals surface area contributed by atoms with Crippen LogP contribution in [0.2, 0.25) is 0 Å². The Morgan fingerprint density at radius 1 is 1.54 bits per heavy atom. The summed E-state index contributed by atoms with van der Waals surface area (Å²) in [6.45, 7) is 0. The van der Waals surface area contributed by atoms with Gasteiger partial charge in [-0.3, -0.25) is 0 Å². The fourth-order valence-corrected chi connectivity index (χ4v) is 1.25. The first-order chi connectivity index (χ1) is 6.31. The Morgan fingerprint density at radius 2 is 2.31 bits per heavy atom. The topological polar surface area (TPSA) is 52.8 Å². The maximum absolute atomic E-state index is 8.64. The molecule has 0 unspecified atom stereocenters. The summed E-state index contributed by atoms with van der Waals surface area (Å²) in [5, 5.41) is 8.64. The Morgan fingerprint density at radius 3 is 2.92 bits per heavy atom. The van der Waals surface area contributed by atoms with Gasteiger partial charge >= 0.3 is 0 Å². The van der Waals surface area contributed by atoms with Gasteiger partial charge in [0, 0.05) is 19.2 Å². The highest BCUT2D eigenvalue weighted by atomic mass is 15.2. The molecule has 13 heavy (non-hydrogen) atoms. The maximum Gasteiger partial charge on any atom is 0.145 e. The zero-order chi connectivity index (χ0) is 9.26. The van der Waals surface area contributed by atoms with E-state index >= 15 is 0 Å². The van der Waals surface area contributed by atoms with Crippen molar-refractivity contribution in [2.24, 2.45) is 0 Å². The Kier molecular flexibility index (Phi) is 1.85. The van der Waals surface area contributed by atoms with Gasteiger partial charge < -0.3 is 4.90 Å². The average molecular weight is 174 g/mol. The molecule has 1 aromatic heterocycles. The van der Waals surface area contributed by atoms with Crippen LogP contribution in [0.25, 0.3) is 0 Å². The van der Waals surface area contributed by atoms with Crippen LogP contribution in [-0.4, -0.2) is 23.1 Å². The highest BCUT2D eigenvalue weighted by Gasteiger charge is 2.27. The van der Waals surface area contributed by atoms with E-state index in [0.717, 1.165) is 5.82 Å². The van der Waals surface area contributed by atoms with E-state index < -0.39 is 0 Å². The first-order valence-corrected chi connectivity index (χ1v) is 4.26. The number of anilines is 1. The van der Waals surface area contributed by atoms with E-state index in [1.165, 1.54) is 19.2 Å². The summed E-state index contributed by atoms with van der Waals surface area (Å²) in [6.07, 6.45) is 3.89. The molecule has 0 radical (unpaired) electrons. The summed E-state index contributed by atoms with van der Waals surface area (Å²) < 4.78 is 0. The van der Waals surface area contributed by atoms with Gasteiger partial charge in [0.15, 0.2) is 0 Å². The summed E-state index contributed by atoms with van der Waals surface area (Å²) in [5.74, 6) is 0.842.